The molecule has 0 aliphatic heterocycles. The maximum absolute atomic E-state index is 10.2. The van der Waals surface area contributed by atoms with Gasteiger partial charge in [-0.1, -0.05) is 0 Å². The van der Waals surface area contributed by atoms with Crippen LogP contribution in [0.2, 0.25) is 0 Å². The van der Waals surface area contributed by atoms with Crippen LogP contribution in [0.3, 0.4) is 0 Å². The Morgan fingerprint density at radius 3 is 2.60 bits per heavy atom. The second kappa shape index (κ2) is 4.24. The van der Waals surface area contributed by atoms with E-state index >= 15 is 0 Å². The standard InChI is InChI=1S/C6H13NO3/c1-3-10-4(2)5(7)6(8)9/h4-5H,3,7H2,1-2H3,(H,8,9)/t4-,5?/m0/s1. The molecule has 2 atom stereocenters. The van der Waals surface area contributed by atoms with Gasteiger partial charge in [-0.15, -0.1) is 0 Å². The molecule has 0 aromatic heterocycles. The molecule has 60 valence electrons. The number of ether oxygens (including phenoxy) is 1. The molecule has 0 bridgehead atoms. The highest BCUT2D eigenvalue weighted by atomic mass is 16.5. The van der Waals surface area contributed by atoms with Gasteiger partial charge in [-0.2, -0.15) is 0 Å². The molecule has 0 spiro atoms. The quantitative estimate of drug-likeness (QED) is 0.578. The minimum Gasteiger partial charge on any atom is -0.480 e. The zero-order valence-corrected chi connectivity index (χ0v) is 6.20. The lowest BCUT2D eigenvalue weighted by Crippen LogP contribution is -2.41. The number of hydrogen-bond donors (Lipinski definition) is 2. The van der Waals surface area contributed by atoms with Gasteiger partial charge in [-0.25, -0.2) is 0 Å². The van der Waals surface area contributed by atoms with Crippen molar-refractivity contribution >= 4 is 5.97 Å². The number of carbonyl (C=O) groups is 1. The molecule has 0 radical (unpaired) electrons. The molecule has 0 aromatic carbocycles. The topological polar surface area (TPSA) is 72.5 Å². The fraction of sp³-hybridized carbons (Fsp3) is 0.833. The van der Waals surface area contributed by atoms with Gasteiger partial charge in [0, 0.05) is 6.61 Å². The average Bonchev–Trinajstić information content (AvgIpc) is 1.87. The number of carboxylic acid groups (broad SMARTS) is 1. The van der Waals surface area contributed by atoms with Crippen molar-refractivity contribution in [1.29, 1.82) is 0 Å². The highest BCUT2D eigenvalue weighted by molar-refractivity contribution is 5.73. The first-order valence-electron chi connectivity index (χ1n) is 3.19. The summed E-state index contributed by atoms with van der Waals surface area (Å²) in [5.41, 5.74) is 5.22. The summed E-state index contributed by atoms with van der Waals surface area (Å²) in [6, 6.07) is -0.917. The third-order valence-corrected chi connectivity index (χ3v) is 1.22. The molecule has 0 aromatic rings. The van der Waals surface area contributed by atoms with Gasteiger partial charge in [0.05, 0.1) is 6.10 Å². The molecular weight excluding hydrogens is 134 g/mol. The van der Waals surface area contributed by atoms with E-state index in [9.17, 15) is 4.79 Å². The molecule has 0 rings (SSSR count). The normalized spacial score (nSPS) is 16.3. The first-order chi connectivity index (χ1) is 4.59. The van der Waals surface area contributed by atoms with E-state index in [1.165, 1.54) is 0 Å². The lowest BCUT2D eigenvalue weighted by atomic mass is 10.2. The zero-order chi connectivity index (χ0) is 8.15. The van der Waals surface area contributed by atoms with Crippen LogP contribution < -0.4 is 5.73 Å². The van der Waals surface area contributed by atoms with Gasteiger partial charge < -0.3 is 15.6 Å². The van der Waals surface area contributed by atoms with Crippen LogP contribution in [0.5, 0.6) is 0 Å². The summed E-state index contributed by atoms with van der Waals surface area (Å²) in [6.45, 7) is 3.93. The Morgan fingerprint density at radius 2 is 2.30 bits per heavy atom. The van der Waals surface area contributed by atoms with E-state index in [1.54, 1.807) is 13.8 Å². The van der Waals surface area contributed by atoms with Crippen LogP contribution in [0.1, 0.15) is 13.8 Å². The van der Waals surface area contributed by atoms with E-state index in [4.69, 9.17) is 15.6 Å². The van der Waals surface area contributed by atoms with Crippen molar-refractivity contribution in [3.05, 3.63) is 0 Å². The van der Waals surface area contributed by atoms with Gasteiger partial charge in [-0.3, -0.25) is 4.79 Å². The second-order valence-corrected chi connectivity index (χ2v) is 2.02. The highest BCUT2D eigenvalue weighted by Gasteiger charge is 2.19. The first-order valence-corrected chi connectivity index (χ1v) is 3.19. The van der Waals surface area contributed by atoms with Crippen molar-refractivity contribution in [1.82, 2.24) is 0 Å². The minimum atomic E-state index is -1.03. The number of rotatable bonds is 4. The van der Waals surface area contributed by atoms with Gasteiger partial charge in [0.15, 0.2) is 0 Å². The smallest absolute Gasteiger partial charge is 0.323 e. The average molecular weight is 147 g/mol. The predicted octanol–water partition coefficient (Wildman–Crippen LogP) is -0.177. The molecule has 0 amide bonds. The molecule has 0 saturated heterocycles. The Hall–Kier alpha value is -0.610. The molecule has 10 heavy (non-hydrogen) atoms. The van der Waals surface area contributed by atoms with Crippen molar-refractivity contribution in [3.8, 4) is 0 Å². The molecule has 0 aliphatic carbocycles. The van der Waals surface area contributed by atoms with Crippen LogP contribution >= 0.6 is 0 Å². The number of aliphatic carboxylic acids is 1. The number of hydrogen-bond acceptors (Lipinski definition) is 3. The van der Waals surface area contributed by atoms with E-state index in [0.717, 1.165) is 0 Å². The predicted molar refractivity (Wildman–Crippen MR) is 36.7 cm³/mol. The Kier molecular flexibility index (Phi) is 3.99. The Balaban J connectivity index is 3.69. The number of nitrogens with two attached hydrogens (primary N) is 1. The second-order valence-electron chi connectivity index (χ2n) is 2.02. The van der Waals surface area contributed by atoms with E-state index < -0.39 is 18.1 Å². The summed E-state index contributed by atoms with van der Waals surface area (Å²) >= 11 is 0. The van der Waals surface area contributed by atoms with E-state index in [1.807, 2.05) is 0 Å². The van der Waals surface area contributed by atoms with Crippen molar-refractivity contribution in [3.63, 3.8) is 0 Å². The largest absolute Gasteiger partial charge is 0.480 e. The van der Waals surface area contributed by atoms with Crippen molar-refractivity contribution in [2.75, 3.05) is 6.61 Å². The van der Waals surface area contributed by atoms with Gasteiger partial charge in [-0.05, 0) is 13.8 Å². The van der Waals surface area contributed by atoms with Gasteiger partial charge in [0.25, 0.3) is 0 Å². The summed E-state index contributed by atoms with van der Waals surface area (Å²) in [7, 11) is 0. The van der Waals surface area contributed by atoms with Crippen LogP contribution in [-0.4, -0.2) is 29.8 Å². The van der Waals surface area contributed by atoms with E-state index in [-0.39, 0.29) is 0 Å². The molecule has 0 aliphatic rings. The first kappa shape index (κ1) is 9.39. The SMILES string of the molecule is CCO[C@@H](C)C(N)C(=O)O. The molecule has 3 N–H and O–H groups in total. The van der Waals surface area contributed by atoms with Crippen LogP contribution in [-0.2, 0) is 9.53 Å². The Morgan fingerprint density at radius 1 is 1.80 bits per heavy atom. The maximum atomic E-state index is 10.2. The highest BCUT2D eigenvalue weighted by Crippen LogP contribution is 1.95. The summed E-state index contributed by atoms with van der Waals surface area (Å²) in [4.78, 5) is 10.2. The lowest BCUT2D eigenvalue weighted by Gasteiger charge is -2.14. The molecular formula is C6H13NO3. The van der Waals surface area contributed by atoms with Crippen LogP contribution in [0.25, 0.3) is 0 Å². The number of carboxylic acids is 1. The fourth-order valence-corrected chi connectivity index (χ4v) is 0.567. The summed E-state index contributed by atoms with van der Waals surface area (Å²) in [6.07, 6.45) is -0.414. The van der Waals surface area contributed by atoms with E-state index in [2.05, 4.69) is 0 Å². The molecule has 0 saturated carbocycles. The van der Waals surface area contributed by atoms with Crippen LogP contribution in [0.15, 0.2) is 0 Å². The Bertz CT molecular complexity index is 116. The van der Waals surface area contributed by atoms with Gasteiger partial charge in [0.2, 0.25) is 0 Å². The van der Waals surface area contributed by atoms with Crippen molar-refractivity contribution in [2.45, 2.75) is 26.0 Å². The zero-order valence-electron chi connectivity index (χ0n) is 6.20. The molecule has 1 unspecified atom stereocenters. The van der Waals surface area contributed by atoms with Crippen LogP contribution in [0.4, 0.5) is 0 Å². The lowest BCUT2D eigenvalue weighted by molar-refractivity contribution is -0.141. The Labute approximate surface area is 60.0 Å². The molecule has 4 heteroatoms. The van der Waals surface area contributed by atoms with Crippen molar-refractivity contribution < 1.29 is 14.6 Å². The molecule has 0 heterocycles. The van der Waals surface area contributed by atoms with Crippen molar-refractivity contribution in [2.24, 2.45) is 5.73 Å². The molecule has 4 nitrogen and oxygen atoms in total. The monoisotopic (exact) mass is 147 g/mol. The molecule has 0 fully saturated rings. The summed E-state index contributed by atoms with van der Waals surface area (Å²) < 4.78 is 4.96. The van der Waals surface area contributed by atoms with Gasteiger partial charge >= 0.3 is 5.97 Å². The minimum absolute atomic E-state index is 0.414. The van der Waals surface area contributed by atoms with E-state index in [0.29, 0.717) is 6.61 Å². The fourth-order valence-electron chi connectivity index (χ4n) is 0.567. The third kappa shape index (κ3) is 2.80. The van der Waals surface area contributed by atoms with Crippen LogP contribution in [0, 0.1) is 0 Å². The van der Waals surface area contributed by atoms with Gasteiger partial charge in [0.1, 0.15) is 6.04 Å². The summed E-state index contributed by atoms with van der Waals surface area (Å²) in [5, 5.41) is 8.37. The summed E-state index contributed by atoms with van der Waals surface area (Å²) in [5.74, 6) is -1.03. The third-order valence-electron chi connectivity index (χ3n) is 1.22. The maximum Gasteiger partial charge on any atom is 0.323 e.